The minimum absolute atomic E-state index is 0.0478. The molecule has 2 aromatic rings. The summed E-state index contributed by atoms with van der Waals surface area (Å²) in [5.74, 6) is 0.146. The van der Waals surface area contributed by atoms with E-state index < -0.39 is 5.97 Å². The number of aromatic nitrogens is 4. The van der Waals surface area contributed by atoms with E-state index >= 15 is 0 Å². The van der Waals surface area contributed by atoms with Crippen molar-refractivity contribution in [3.8, 4) is 11.4 Å². The fourth-order valence-corrected chi connectivity index (χ4v) is 2.94. The van der Waals surface area contributed by atoms with Gasteiger partial charge in [-0.15, -0.1) is 5.10 Å². The fraction of sp³-hybridized carbons (Fsp3) is 0.429. The second-order valence-corrected chi connectivity index (χ2v) is 6.29. The van der Waals surface area contributed by atoms with Gasteiger partial charge in [0.1, 0.15) is 0 Å². The largest absolute Gasteiger partial charge is 0.481 e. The van der Waals surface area contributed by atoms with Gasteiger partial charge in [0.05, 0.1) is 12.5 Å². The molecule has 0 amide bonds. The van der Waals surface area contributed by atoms with Gasteiger partial charge in [-0.25, -0.2) is 4.68 Å². The van der Waals surface area contributed by atoms with Crippen molar-refractivity contribution in [1.29, 1.82) is 0 Å². The van der Waals surface area contributed by atoms with Crippen LogP contribution in [0.15, 0.2) is 22.7 Å². The molecule has 1 fully saturated rings. The number of halogens is 1. The highest BCUT2D eigenvalue weighted by molar-refractivity contribution is 9.10. The van der Waals surface area contributed by atoms with Crippen molar-refractivity contribution in [2.45, 2.75) is 32.2 Å². The first kappa shape index (κ1) is 14.2. The number of carboxylic acids is 1. The molecule has 1 aromatic heterocycles. The summed E-state index contributed by atoms with van der Waals surface area (Å²) in [4.78, 5) is 11.1. The lowest BCUT2D eigenvalue weighted by Crippen LogP contribution is -2.18. The number of carbonyl (C=O) groups is 1. The molecular weight excluding hydrogens is 336 g/mol. The molecule has 1 unspecified atom stereocenters. The maximum absolute atomic E-state index is 11.1. The van der Waals surface area contributed by atoms with Gasteiger partial charge in [0.25, 0.3) is 0 Å². The highest BCUT2D eigenvalue weighted by atomic mass is 79.9. The van der Waals surface area contributed by atoms with Crippen molar-refractivity contribution in [1.82, 2.24) is 20.2 Å². The zero-order chi connectivity index (χ0) is 15.0. The number of aliphatic carboxylic acids is 1. The summed E-state index contributed by atoms with van der Waals surface area (Å²) in [5, 5.41) is 21.0. The summed E-state index contributed by atoms with van der Waals surface area (Å²) >= 11 is 3.51. The first-order valence-electron chi connectivity index (χ1n) is 6.82. The van der Waals surface area contributed by atoms with Gasteiger partial charge in [0, 0.05) is 10.0 Å². The van der Waals surface area contributed by atoms with Crippen molar-refractivity contribution < 1.29 is 9.90 Å². The molecule has 1 aliphatic carbocycles. The Balaban J connectivity index is 2.03. The molecule has 1 N–H and O–H groups in total. The van der Waals surface area contributed by atoms with Crippen LogP contribution in [0.3, 0.4) is 0 Å². The SMILES string of the molecule is Cc1ccc(Br)c(-c2nnnn2C(CC(=O)O)C2CC2)c1. The maximum atomic E-state index is 11.1. The van der Waals surface area contributed by atoms with Gasteiger partial charge in [-0.1, -0.05) is 27.6 Å². The van der Waals surface area contributed by atoms with Crippen molar-refractivity contribution >= 4 is 21.9 Å². The molecule has 3 rings (SSSR count). The first-order valence-corrected chi connectivity index (χ1v) is 7.61. The fourth-order valence-electron chi connectivity index (χ4n) is 2.52. The van der Waals surface area contributed by atoms with Crippen LogP contribution < -0.4 is 0 Å². The van der Waals surface area contributed by atoms with Gasteiger partial charge < -0.3 is 5.11 Å². The molecule has 1 saturated carbocycles. The Hall–Kier alpha value is -1.76. The smallest absolute Gasteiger partial charge is 0.305 e. The van der Waals surface area contributed by atoms with Crippen molar-refractivity contribution in [3.63, 3.8) is 0 Å². The summed E-state index contributed by atoms with van der Waals surface area (Å²) in [7, 11) is 0. The van der Waals surface area contributed by atoms with Crippen LogP contribution in [0.4, 0.5) is 0 Å². The normalized spacial score (nSPS) is 15.9. The lowest BCUT2D eigenvalue weighted by Gasteiger charge is -2.16. The quantitative estimate of drug-likeness (QED) is 0.896. The Kier molecular flexibility index (Phi) is 3.75. The molecule has 6 nitrogen and oxygen atoms in total. The van der Waals surface area contributed by atoms with E-state index in [0.29, 0.717) is 11.7 Å². The molecule has 1 atom stereocenters. The minimum atomic E-state index is -0.823. The molecule has 0 aliphatic heterocycles. The Morgan fingerprint density at radius 2 is 2.29 bits per heavy atom. The third-order valence-electron chi connectivity index (χ3n) is 3.72. The summed E-state index contributed by atoms with van der Waals surface area (Å²) in [5.41, 5.74) is 1.99. The molecule has 1 aromatic carbocycles. The topological polar surface area (TPSA) is 80.9 Å². The highest BCUT2D eigenvalue weighted by Crippen LogP contribution is 2.42. The Labute approximate surface area is 130 Å². The van der Waals surface area contributed by atoms with Crippen LogP contribution in [0.2, 0.25) is 0 Å². The number of tetrazole rings is 1. The van der Waals surface area contributed by atoms with Crippen molar-refractivity contribution in [2.24, 2.45) is 5.92 Å². The summed E-state index contributed by atoms with van der Waals surface area (Å²) in [6, 6.07) is 5.77. The molecule has 0 bridgehead atoms. The van der Waals surface area contributed by atoms with Gasteiger partial charge in [-0.05, 0) is 48.2 Å². The molecule has 0 saturated heterocycles. The van der Waals surface area contributed by atoms with E-state index in [1.807, 2.05) is 25.1 Å². The van der Waals surface area contributed by atoms with Gasteiger partial charge in [0.2, 0.25) is 0 Å². The third-order valence-corrected chi connectivity index (χ3v) is 4.41. The van der Waals surface area contributed by atoms with E-state index in [2.05, 4.69) is 31.5 Å². The van der Waals surface area contributed by atoms with E-state index in [1.165, 1.54) is 0 Å². The van der Waals surface area contributed by atoms with Crippen LogP contribution >= 0.6 is 15.9 Å². The van der Waals surface area contributed by atoms with Crippen molar-refractivity contribution in [2.75, 3.05) is 0 Å². The van der Waals surface area contributed by atoms with Crippen LogP contribution in [-0.4, -0.2) is 31.3 Å². The number of carboxylic acid groups (broad SMARTS) is 1. The summed E-state index contributed by atoms with van der Waals surface area (Å²) in [6.45, 7) is 2.00. The van der Waals surface area contributed by atoms with Gasteiger partial charge >= 0.3 is 5.97 Å². The number of benzene rings is 1. The molecule has 7 heteroatoms. The van der Waals surface area contributed by atoms with E-state index in [0.717, 1.165) is 28.4 Å². The van der Waals surface area contributed by atoms with Gasteiger partial charge in [-0.3, -0.25) is 4.79 Å². The Morgan fingerprint density at radius 3 is 2.95 bits per heavy atom. The van der Waals surface area contributed by atoms with Gasteiger partial charge in [-0.2, -0.15) is 0 Å². The average molecular weight is 351 g/mol. The number of hydrogen-bond donors (Lipinski definition) is 1. The molecule has 21 heavy (non-hydrogen) atoms. The number of rotatable bonds is 5. The van der Waals surface area contributed by atoms with E-state index in [-0.39, 0.29) is 12.5 Å². The maximum Gasteiger partial charge on any atom is 0.305 e. The predicted molar refractivity (Wildman–Crippen MR) is 79.7 cm³/mol. The highest BCUT2D eigenvalue weighted by Gasteiger charge is 2.36. The molecular formula is C14H15BrN4O2. The Morgan fingerprint density at radius 1 is 1.52 bits per heavy atom. The van der Waals surface area contributed by atoms with Crippen LogP contribution in [0.5, 0.6) is 0 Å². The van der Waals surface area contributed by atoms with Crippen LogP contribution in [0, 0.1) is 12.8 Å². The standard InChI is InChI=1S/C14H15BrN4O2/c1-8-2-5-11(15)10(6-8)14-16-17-18-19(14)12(7-13(20)21)9-3-4-9/h2,5-6,9,12H,3-4,7H2,1H3,(H,20,21). The zero-order valence-corrected chi connectivity index (χ0v) is 13.1. The van der Waals surface area contributed by atoms with Gasteiger partial charge in [0.15, 0.2) is 5.82 Å². The molecule has 0 spiro atoms. The average Bonchev–Trinajstić information content (AvgIpc) is 3.16. The van der Waals surface area contributed by atoms with Crippen LogP contribution in [0.1, 0.15) is 30.9 Å². The second-order valence-electron chi connectivity index (χ2n) is 5.43. The molecule has 110 valence electrons. The van der Waals surface area contributed by atoms with E-state index in [1.54, 1.807) is 4.68 Å². The van der Waals surface area contributed by atoms with Crippen LogP contribution in [-0.2, 0) is 4.79 Å². The summed E-state index contributed by atoms with van der Waals surface area (Å²) < 4.78 is 2.57. The number of aryl methyl sites for hydroxylation is 1. The molecule has 1 heterocycles. The van der Waals surface area contributed by atoms with E-state index in [9.17, 15) is 4.79 Å². The lowest BCUT2D eigenvalue weighted by molar-refractivity contribution is -0.138. The summed E-state index contributed by atoms with van der Waals surface area (Å²) in [6.07, 6.45) is 2.12. The predicted octanol–water partition coefficient (Wildman–Crippen LogP) is 2.84. The second kappa shape index (κ2) is 5.55. The monoisotopic (exact) mass is 350 g/mol. The van der Waals surface area contributed by atoms with Crippen LogP contribution in [0.25, 0.3) is 11.4 Å². The number of hydrogen-bond acceptors (Lipinski definition) is 4. The minimum Gasteiger partial charge on any atom is -0.481 e. The van der Waals surface area contributed by atoms with E-state index in [4.69, 9.17) is 5.11 Å². The number of nitrogens with zero attached hydrogens (tertiary/aromatic N) is 4. The third kappa shape index (κ3) is 2.97. The lowest BCUT2D eigenvalue weighted by atomic mass is 10.1. The first-order chi connectivity index (χ1) is 10.1. The zero-order valence-electron chi connectivity index (χ0n) is 11.5. The Bertz CT molecular complexity index is 681. The van der Waals surface area contributed by atoms with Crippen molar-refractivity contribution in [3.05, 3.63) is 28.2 Å². The molecule has 1 aliphatic rings. The molecule has 0 radical (unpaired) electrons.